The quantitative estimate of drug-likeness (QED) is 0.428. The number of likely N-dealkylation sites (tertiary alicyclic amines) is 1. The first-order valence-electron chi connectivity index (χ1n) is 10.3. The third-order valence-electron chi connectivity index (χ3n) is 5.63. The van der Waals surface area contributed by atoms with E-state index in [0.29, 0.717) is 13.1 Å². The van der Waals surface area contributed by atoms with E-state index in [-0.39, 0.29) is 17.8 Å². The minimum Gasteiger partial charge on any atom is -0.469 e. The fourth-order valence-corrected chi connectivity index (χ4v) is 4.00. The zero-order chi connectivity index (χ0) is 21.5. The summed E-state index contributed by atoms with van der Waals surface area (Å²) in [6.45, 7) is 5.75. The Kier molecular flexibility index (Phi) is 7.52. The molecule has 0 radical (unpaired) electrons. The summed E-state index contributed by atoms with van der Waals surface area (Å²) in [5.41, 5.74) is 2.48. The van der Waals surface area contributed by atoms with Crippen LogP contribution in [-0.4, -0.2) is 56.0 Å². The van der Waals surface area contributed by atoms with Crippen molar-refractivity contribution >= 4 is 11.9 Å². The summed E-state index contributed by atoms with van der Waals surface area (Å²) in [6.07, 6.45) is 1.70. The molecule has 7 heteroatoms. The number of nitrogens with zero attached hydrogens (tertiary/aromatic N) is 3. The summed E-state index contributed by atoms with van der Waals surface area (Å²) >= 11 is 0. The molecule has 0 amide bonds. The second-order valence-electron chi connectivity index (χ2n) is 7.93. The van der Waals surface area contributed by atoms with E-state index in [4.69, 9.17) is 9.15 Å². The molecule has 7 nitrogen and oxygen atoms in total. The smallest absolute Gasteiger partial charge is 0.310 e. The molecule has 162 valence electrons. The van der Waals surface area contributed by atoms with Crippen LogP contribution in [-0.2, 0) is 29.2 Å². The van der Waals surface area contributed by atoms with E-state index in [9.17, 15) is 4.79 Å². The molecule has 2 atom stereocenters. The van der Waals surface area contributed by atoms with Crippen LogP contribution in [0.5, 0.6) is 0 Å². The van der Waals surface area contributed by atoms with Crippen LogP contribution in [0.3, 0.4) is 0 Å². The van der Waals surface area contributed by atoms with Gasteiger partial charge in [-0.25, -0.2) is 0 Å². The number of benzene rings is 1. The van der Waals surface area contributed by atoms with E-state index in [1.165, 1.54) is 18.2 Å². The van der Waals surface area contributed by atoms with Gasteiger partial charge in [0.05, 0.1) is 25.8 Å². The first-order chi connectivity index (χ1) is 14.5. The molecule has 1 saturated heterocycles. The van der Waals surface area contributed by atoms with Crippen molar-refractivity contribution in [2.75, 3.05) is 34.3 Å². The van der Waals surface area contributed by atoms with Crippen LogP contribution in [0, 0.1) is 11.8 Å². The molecule has 2 unspecified atom stereocenters. The zero-order valence-electron chi connectivity index (χ0n) is 18.3. The largest absolute Gasteiger partial charge is 0.469 e. The summed E-state index contributed by atoms with van der Waals surface area (Å²) in [5, 5.41) is 3.47. The molecule has 0 spiro atoms. The number of hydrogen-bond acceptors (Lipinski definition) is 5. The van der Waals surface area contributed by atoms with Crippen molar-refractivity contribution in [3.8, 4) is 0 Å². The molecule has 0 bridgehead atoms. The highest BCUT2D eigenvalue weighted by Gasteiger charge is 2.36. The summed E-state index contributed by atoms with van der Waals surface area (Å²) in [6, 6.07) is 12.3. The summed E-state index contributed by atoms with van der Waals surface area (Å²) in [4.78, 5) is 20.8. The van der Waals surface area contributed by atoms with Gasteiger partial charge in [-0.05, 0) is 36.2 Å². The van der Waals surface area contributed by atoms with E-state index >= 15 is 0 Å². The van der Waals surface area contributed by atoms with Gasteiger partial charge in [-0.2, -0.15) is 0 Å². The summed E-state index contributed by atoms with van der Waals surface area (Å²) in [7, 11) is 5.32. The van der Waals surface area contributed by atoms with Gasteiger partial charge in [0.25, 0.3) is 0 Å². The average molecular weight is 413 g/mol. The highest BCUT2D eigenvalue weighted by Crippen LogP contribution is 2.24. The molecule has 0 saturated carbocycles. The number of hydrogen-bond donors (Lipinski definition) is 1. The van der Waals surface area contributed by atoms with Gasteiger partial charge in [-0.1, -0.05) is 31.2 Å². The van der Waals surface area contributed by atoms with Gasteiger partial charge in [0.15, 0.2) is 5.96 Å². The molecule has 1 aliphatic heterocycles. The van der Waals surface area contributed by atoms with Crippen LogP contribution in [0.25, 0.3) is 0 Å². The van der Waals surface area contributed by atoms with Gasteiger partial charge >= 0.3 is 5.97 Å². The first kappa shape index (κ1) is 21.9. The predicted molar refractivity (Wildman–Crippen MR) is 117 cm³/mol. The van der Waals surface area contributed by atoms with Gasteiger partial charge in [0.2, 0.25) is 0 Å². The Balaban J connectivity index is 1.60. The number of carbonyl (C=O) groups is 1. The third kappa shape index (κ3) is 5.42. The van der Waals surface area contributed by atoms with Crippen LogP contribution in [0.2, 0.25) is 0 Å². The molecule has 1 fully saturated rings. The molecular formula is C23H32N4O3. The first-order valence-corrected chi connectivity index (χ1v) is 10.3. The lowest BCUT2D eigenvalue weighted by Gasteiger charge is -2.23. The van der Waals surface area contributed by atoms with Gasteiger partial charge < -0.3 is 19.4 Å². The van der Waals surface area contributed by atoms with Crippen LogP contribution in [0.15, 0.2) is 52.1 Å². The molecule has 2 aromatic rings. The van der Waals surface area contributed by atoms with Crippen molar-refractivity contribution in [1.82, 2.24) is 15.1 Å². The number of esters is 1. The molecule has 0 aliphatic carbocycles. The zero-order valence-corrected chi connectivity index (χ0v) is 18.3. The Hall–Kier alpha value is -2.80. The topological polar surface area (TPSA) is 70.3 Å². The van der Waals surface area contributed by atoms with Crippen molar-refractivity contribution in [2.45, 2.75) is 26.6 Å². The lowest BCUT2D eigenvalue weighted by atomic mass is 9.99. The molecule has 1 aromatic carbocycles. The molecular weight excluding hydrogens is 380 g/mol. The fourth-order valence-electron chi connectivity index (χ4n) is 4.00. The van der Waals surface area contributed by atoms with E-state index in [1.807, 2.05) is 12.1 Å². The number of nitrogens with one attached hydrogen (secondary N) is 1. The van der Waals surface area contributed by atoms with Crippen molar-refractivity contribution < 1.29 is 13.9 Å². The predicted octanol–water partition coefficient (Wildman–Crippen LogP) is 2.73. The van der Waals surface area contributed by atoms with Gasteiger partial charge in [0, 0.05) is 33.2 Å². The molecule has 2 heterocycles. The molecule has 3 rings (SSSR count). The number of rotatable bonds is 7. The van der Waals surface area contributed by atoms with Crippen molar-refractivity contribution in [1.29, 1.82) is 0 Å². The summed E-state index contributed by atoms with van der Waals surface area (Å²) < 4.78 is 10.4. The standard InChI is InChI=1S/C23H32N4O3/c1-17-13-27(16-21(17)22(28)29-4)23(24-2)25-12-18-8-5-6-9-19(18)14-26(3)15-20-10-7-11-30-20/h5-11,17,21H,12-16H2,1-4H3,(H,24,25). The number of furan rings is 1. The van der Waals surface area contributed by atoms with Crippen LogP contribution < -0.4 is 5.32 Å². The van der Waals surface area contributed by atoms with Crippen LogP contribution in [0.4, 0.5) is 0 Å². The lowest BCUT2D eigenvalue weighted by molar-refractivity contribution is -0.145. The van der Waals surface area contributed by atoms with Crippen LogP contribution >= 0.6 is 0 Å². The second-order valence-corrected chi connectivity index (χ2v) is 7.93. The fraction of sp³-hybridized carbons (Fsp3) is 0.478. The van der Waals surface area contributed by atoms with Crippen LogP contribution in [0.1, 0.15) is 23.8 Å². The summed E-state index contributed by atoms with van der Waals surface area (Å²) in [5.74, 6) is 1.74. The van der Waals surface area contributed by atoms with Crippen molar-refractivity contribution in [3.05, 3.63) is 59.5 Å². The Morgan fingerprint density at radius 2 is 2.00 bits per heavy atom. The minimum absolute atomic E-state index is 0.115. The van der Waals surface area contributed by atoms with E-state index < -0.39 is 0 Å². The molecule has 30 heavy (non-hydrogen) atoms. The minimum atomic E-state index is -0.148. The van der Waals surface area contributed by atoms with Gasteiger partial charge in [0.1, 0.15) is 5.76 Å². The lowest BCUT2D eigenvalue weighted by Crippen LogP contribution is -2.40. The van der Waals surface area contributed by atoms with Gasteiger partial charge in [-0.15, -0.1) is 0 Å². The second kappa shape index (κ2) is 10.3. The Morgan fingerprint density at radius 3 is 2.67 bits per heavy atom. The normalized spacial score (nSPS) is 19.4. The monoisotopic (exact) mass is 412 g/mol. The molecule has 1 aliphatic rings. The highest BCUT2D eigenvalue weighted by molar-refractivity contribution is 5.82. The van der Waals surface area contributed by atoms with Crippen molar-refractivity contribution in [2.24, 2.45) is 16.8 Å². The molecule has 1 aromatic heterocycles. The van der Waals surface area contributed by atoms with Crippen molar-refractivity contribution in [3.63, 3.8) is 0 Å². The van der Waals surface area contributed by atoms with E-state index in [1.54, 1.807) is 13.3 Å². The maximum atomic E-state index is 12.0. The SMILES string of the molecule is CN=C(NCc1ccccc1CN(C)Cc1ccco1)N1CC(C)C(C(=O)OC)C1. The highest BCUT2D eigenvalue weighted by atomic mass is 16.5. The Bertz CT molecular complexity index is 850. The van der Waals surface area contributed by atoms with Gasteiger partial charge in [-0.3, -0.25) is 14.7 Å². The average Bonchev–Trinajstić information content (AvgIpc) is 3.38. The third-order valence-corrected chi connectivity index (χ3v) is 5.63. The Labute approximate surface area is 178 Å². The maximum absolute atomic E-state index is 12.0. The maximum Gasteiger partial charge on any atom is 0.310 e. The van der Waals surface area contributed by atoms with E-state index in [2.05, 4.69) is 58.3 Å². The number of carbonyl (C=O) groups excluding carboxylic acids is 1. The van der Waals surface area contributed by atoms with E-state index in [0.717, 1.165) is 31.4 Å². The number of aliphatic imine (C=N–C) groups is 1. The number of guanidine groups is 1. The number of methoxy groups -OCH3 is 1. The molecule has 1 N–H and O–H groups in total. The number of ether oxygens (including phenoxy) is 1. The Morgan fingerprint density at radius 1 is 1.23 bits per heavy atom.